The number of rotatable bonds is 5. The zero-order valence-corrected chi connectivity index (χ0v) is 16.3. The summed E-state index contributed by atoms with van der Waals surface area (Å²) in [6.07, 6.45) is 4.29. The van der Waals surface area contributed by atoms with E-state index in [0.717, 1.165) is 24.6 Å². The van der Waals surface area contributed by atoms with E-state index in [-0.39, 0.29) is 29.7 Å². The minimum atomic E-state index is -3.41. The molecule has 0 radical (unpaired) electrons. The second-order valence-corrected chi connectivity index (χ2v) is 9.87. The maximum atomic E-state index is 11.5. The van der Waals surface area contributed by atoms with Crippen molar-refractivity contribution >= 4 is 23.4 Å². The monoisotopic (exact) mass is 363 g/mol. The molecule has 2 aliphatic rings. The molecule has 3 rings (SSSR count). The number of hydrogen-bond donors (Lipinski definition) is 0. The van der Waals surface area contributed by atoms with E-state index in [0.29, 0.717) is 0 Å². The third kappa shape index (κ3) is 3.69. The van der Waals surface area contributed by atoms with Crippen molar-refractivity contribution in [3.8, 4) is 0 Å². The molecule has 1 saturated carbocycles. The third-order valence-corrected chi connectivity index (χ3v) is 6.21. The van der Waals surface area contributed by atoms with Gasteiger partial charge in [0.2, 0.25) is 10.0 Å². The molecule has 136 valence electrons. The molecule has 1 aromatic carbocycles. The average Bonchev–Trinajstić information content (AvgIpc) is 3.13. The Morgan fingerprint density at radius 1 is 1.16 bits per heavy atom. The first-order valence-corrected chi connectivity index (χ1v) is 10.5. The van der Waals surface area contributed by atoms with Crippen molar-refractivity contribution in [1.82, 2.24) is 0 Å². The summed E-state index contributed by atoms with van der Waals surface area (Å²) < 4.78 is 39.0. The molecule has 2 atom stereocenters. The van der Waals surface area contributed by atoms with Gasteiger partial charge in [-0.25, -0.2) is 8.42 Å². The Balaban J connectivity index is 1.80. The highest BCUT2D eigenvalue weighted by molar-refractivity contribution is 7.89. The Labute approximate surface area is 151 Å². The number of benzene rings is 1. The topological polar surface area (TPSA) is 65.0 Å². The smallest absolute Gasteiger partial charge is 0.403 e. The summed E-state index contributed by atoms with van der Waals surface area (Å²) >= 11 is 0. The second-order valence-electron chi connectivity index (χ2n) is 8.20. The minimum absolute atomic E-state index is 0.245. The highest BCUT2D eigenvalue weighted by atomic mass is 32.2. The predicted molar refractivity (Wildman–Crippen MR) is 100 cm³/mol. The van der Waals surface area contributed by atoms with Crippen LogP contribution in [0.2, 0.25) is 6.32 Å². The fraction of sp³-hybridized carbons (Fsp3) is 0.611. The number of hydrogen-bond acceptors (Lipinski definition) is 4. The summed E-state index contributed by atoms with van der Waals surface area (Å²) in [6.45, 7) is 8.15. The summed E-state index contributed by atoms with van der Waals surface area (Å²) in [5, 5.41) is 0. The Hall–Kier alpha value is -1.18. The Morgan fingerprint density at radius 3 is 2.24 bits per heavy atom. The molecule has 1 aliphatic heterocycles. The molecule has 1 saturated heterocycles. The molecule has 1 aromatic rings. The van der Waals surface area contributed by atoms with E-state index >= 15 is 0 Å². The van der Waals surface area contributed by atoms with E-state index in [9.17, 15) is 8.42 Å². The van der Waals surface area contributed by atoms with E-state index in [4.69, 9.17) is 9.31 Å². The molecule has 0 amide bonds. The van der Waals surface area contributed by atoms with Gasteiger partial charge in [0.15, 0.2) is 0 Å². The molecule has 0 bridgehead atoms. The molecule has 0 aromatic heterocycles. The first kappa shape index (κ1) is 18.6. The van der Waals surface area contributed by atoms with Crippen molar-refractivity contribution in [3.63, 3.8) is 0 Å². The number of nitrogens with zero attached hydrogens (tertiary/aromatic N) is 1. The highest BCUT2D eigenvalue weighted by Crippen LogP contribution is 2.56. The lowest BCUT2D eigenvalue weighted by Crippen LogP contribution is -2.41. The SMILES string of the molecule is CC1(C)OB(C[C@H]2C[C@@]2(/C=N/S(C)(=O)=O)c2ccccc2)OC1(C)C. The summed E-state index contributed by atoms with van der Waals surface area (Å²) in [5.74, 6) is 0.245. The lowest BCUT2D eigenvalue weighted by molar-refractivity contribution is 0.00578. The van der Waals surface area contributed by atoms with Gasteiger partial charge < -0.3 is 9.31 Å². The molecule has 2 fully saturated rings. The van der Waals surface area contributed by atoms with Crippen molar-refractivity contribution < 1.29 is 17.7 Å². The van der Waals surface area contributed by atoms with Gasteiger partial charge in [0.1, 0.15) is 0 Å². The molecular formula is C18H26BNO4S. The zero-order valence-electron chi connectivity index (χ0n) is 15.5. The van der Waals surface area contributed by atoms with Gasteiger partial charge in [0, 0.05) is 11.6 Å². The van der Waals surface area contributed by atoms with Crippen LogP contribution in [0.3, 0.4) is 0 Å². The van der Waals surface area contributed by atoms with Crippen LogP contribution in [-0.4, -0.2) is 39.2 Å². The van der Waals surface area contributed by atoms with Gasteiger partial charge in [0.25, 0.3) is 0 Å². The van der Waals surface area contributed by atoms with Crippen molar-refractivity contribution in [2.75, 3.05) is 6.26 Å². The molecule has 1 heterocycles. The van der Waals surface area contributed by atoms with Crippen molar-refractivity contribution in [2.45, 2.75) is 57.1 Å². The zero-order chi connectivity index (χ0) is 18.5. The molecule has 7 heteroatoms. The van der Waals surface area contributed by atoms with Crippen LogP contribution >= 0.6 is 0 Å². The van der Waals surface area contributed by atoms with E-state index in [1.54, 1.807) is 6.21 Å². The summed E-state index contributed by atoms with van der Waals surface area (Å²) in [5.41, 5.74) is 0.0171. The van der Waals surface area contributed by atoms with E-state index in [2.05, 4.69) is 4.40 Å². The summed E-state index contributed by atoms with van der Waals surface area (Å²) in [4.78, 5) is 0. The molecule has 0 unspecified atom stereocenters. The minimum Gasteiger partial charge on any atom is -0.403 e. The first-order valence-electron chi connectivity index (χ1n) is 8.63. The van der Waals surface area contributed by atoms with Crippen LogP contribution in [0.4, 0.5) is 0 Å². The summed E-state index contributed by atoms with van der Waals surface area (Å²) in [6, 6.07) is 9.94. The van der Waals surface area contributed by atoms with Crippen LogP contribution in [0.25, 0.3) is 0 Å². The van der Waals surface area contributed by atoms with Crippen LogP contribution in [0.15, 0.2) is 34.7 Å². The van der Waals surface area contributed by atoms with Gasteiger partial charge in [-0.05, 0) is 51.9 Å². The lowest BCUT2D eigenvalue weighted by atomic mass is 9.78. The summed E-state index contributed by atoms with van der Waals surface area (Å²) in [7, 11) is -3.69. The van der Waals surface area contributed by atoms with E-state index in [1.807, 2.05) is 58.0 Å². The van der Waals surface area contributed by atoms with E-state index in [1.165, 1.54) is 0 Å². The fourth-order valence-electron chi connectivity index (χ4n) is 3.46. The molecule has 25 heavy (non-hydrogen) atoms. The van der Waals surface area contributed by atoms with Crippen LogP contribution in [-0.2, 0) is 24.7 Å². The Kier molecular flexibility index (Phi) is 4.41. The molecule has 0 spiro atoms. The quantitative estimate of drug-likeness (QED) is 0.596. The normalized spacial score (nSPS) is 30.8. The standard InChI is InChI=1S/C18H26BNO4S/c1-16(2)17(3,4)24-19(23-16)12-15-11-18(15,13-20-25(5,21)22)14-9-7-6-8-10-14/h6-10,13,15H,11-12H2,1-5H3/b20-13+/t15-,18-/m1/s1. The number of sulfonamides is 1. The van der Waals surface area contributed by atoms with Crippen LogP contribution < -0.4 is 0 Å². The average molecular weight is 363 g/mol. The maximum Gasteiger partial charge on any atom is 0.458 e. The van der Waals surface area contributed by atoms with Crippen LogP contribution in [0, 0.1) is 5.92 Å². The first-order chi connectivity index (χ1) is 11.5. The van der Waals surface area contributed by atoms with Crippen molar-refractivity contribution in [1.29, 1.82) is 0 Å². The molecule has 0 N–H and O–H groups in total. The van der Waals surface area contributed by atoms with Gasteiger partial charge in [-0.15, -0.1) is 0 Å². The Morgan fingerprint density at radius 2 is 1.72 bits per heavy atom. The lowest BCUT2D eigenvalue weighted by Gasteiger charge is -2.32. The van der Waals surface area contributed by atoms with Crippen molar-refractivity contribution in [2.24, 2.45) is 10.3 Å². The molecule has 1 aliphatic carbocycles. The van der Waals surface area contributed by atoms with Gasteiger partial charge in [-0.3, -0.25) is 0 Å². The largest absolute Gasteiger partial charge is 0.458 e. The highest BCUT2D eigenvalue weighted by Gasteiger charge is 2.59. The van der Waals surface area contributed by atoms with Crippen LogP contribution in [0.1, 0.15) is 39.7 Å². The molecule has 5 nitrogen and oxygen atoms in total. The van der Waals surface area contributed by atoms with Gasteiger partial charge >= 0.3 is 7.12 Å². The maximum absolute atomic E-state index is 11.5. The van der Waals surface area contributed by atoms with E-state index < -0.39 is 10.0 Å². The predicted octanol–water partition coefficient (Wildman–Crippen LogP) is 3.07. The second kappa shape index (κ2) is 5.93. The molecular weight excluding hydrogens is 337 g/mol. The van der Waals surface area contributed by atoms with Crippen molar-refractivity contribution in [3.05, 3.63) is 35.9 Å². The van der Waals surface area contributed by atoms with Gasteiger partial charge in [-0.1, -0.05) is 30.3 Å². The van der Waals surface area contributed by atoms with Crippen LogP contribution in [0.5, 0.6) is 0 Å². The third-order valence-electron chi connectivity index (χ3n) is 5.72. The van der Waals surface area contributed by atoms with Gasteiger partial charge in [0.05, 0.1) is 17.5 Å². The van der Waals surface area contributed by atoms with Gasteiger partial charge in [-0.2, -0.15) is 4.40 Å². The Bertz CT molecular complexity index is 760. The fourth-order valence-corrected chi connectivity index (χ4v) is 3.84.